The van der Waals surface area contributed by atoms with Crippen molar-refractivity contribution in [3.8, 4) is 0 Å². The Morgan fingerprint density at radius 1 is 1.64 bits per heavy atom. The van der Waals surface area contributed by atoms with Crippen LogP contribution in [-0.2, 0) is 23.1 Å². The summed E-state index contributed by atoms with van der Waals surface area (Å²) < 4.78 is 1.68. The van der Waals surface area contributed by atoms with Crippen LogP contribution in [-0.4, -0.2) is 21.6 Å². The maximum absolute atomic E-state index is 11.2. The second kappa shape index (κ2) is 3.25. The first-order chi connectivity index (χ1) is 6.65. The number of carbonyl (C=O) groups excluding carboxylic acids is 2. The predicted molar refractivity (Wildman–Crippen MR) is 48.2 cm³/mol. The lowest BCUT2D eigenvalue weighted by Gasteiger charge is -2.01. The van der Waals surface area contributed by atoms with Crippen LogP contribution in [0.2, 0.25) is 0 Å². The minimum Gasteiger partial charge on any atom is -0.296 e. The molecular weight excluding hydrogens is 182 g/mol. The molecule has 0 aliphatic carbocycles. The van der Waals surface area contributed by atoms with Crippen molar-refractivity contribution in [1.82, 2.24) is 15.1 Å². The second-order valence-corrected chi connectivity index (χ2v) is 3.54. The van der Waals surface area contributed by atoms with Crippen molar-refractivity contribution < 1.29 is 9.59 Å². The number of carbonyl (C=O) groups is 2. The molecule has 1 aromatic rings. The molecule has 1 atom stereocenters. The maximum atomic E-state index is 11.2. The van der Waals surface area contributed by atoms with E-state index in [4.69, 9.17) is 0 Å². The molecule has 1 aliphatic heterocycles. The van der Waals surface area contributed by atoms with E-state index in [0.717, 1.165) is 5.56 Å². The van der Waals surface area contributed by atoms with Gasteiger partial charge in [0.1, 0.15) is 0 Å². The molecule has 0 saturated carbocycles. The number of imide groups is 1. The van der Waals surface area contributed by atoms with Gasteiger partial charge in [-0.2, -0.15) is 5.10 Å². The van der Waals surface area contributed by atoms with Gasteiger partial charge in [-0.1, -0.05) is 0 Å². The third kappa shape index (κ3) is 1.66. The Labute approximate surface area is 81.1 Å². The summed E-state index contributed by atoms with van der Waals surface area (Å²) in [5.41, 5.74) is 0.988. The van der Waals surface area contributed by atoms with Crippen LogP contribution < -0.4 is 5.32 Å². The molecule has 0 unspecified atom stereocenters. The summed E-state index contributed by atoms with van der Waals surface area (Å²) in [4.78, 5) is 22.1. The van der Waals surface area contributed by atoms with Crippen molar-refractivity contribution in [3.63, 3.8) is 0 Å². The topological polar surface area (TPSA) is 64.0 Å². The molecule has 2 amide bonds. The smallest absolute Gasteiger partial charge is 0.230 e. The maximum Gasteiger partial charge on any atom is 0.230 e. The highest BCUT2D eigenvalue weighted by molar-refractivity contribution is 6.03. The number of nitrogens with one attached hydrogen (secondary N) is 1. The van der Waals surface area contributed by atoms with Crippen molar-refractivity contribution in [2.24, 2.45) is 13.0 Å². The molecule has 1 saturated heterocycles. The van der Waals surface area contributed by atoms with Crippen molar-refractivity contribution in [2.75, 3.05) is 0 Å². The van der Waals surface area contributed by atoms with Crippen molar-refractivity contribution in [1.29, 1.82) is 0 Å². The third-order valence-corrected chi connectivity index (χ3v) is 2.31. The number of hydrogen-bond donors (Lipinski definition) is 1. The number of amides is 2. The summed E-state index contributed by atoms with van der Waals surface area (Å²) in [5, 5.41) is 6.29. The van der Waals surface area contributed by atoms with Gasteiger partial charge in [0, 0.05) is 19.7 Å². The molecule has 2 rings (SSSR count). The normalized spacial score (nSPS) is 21.4. The SMILES string of the molecule is Cn1cc(C[C@@H]2CC(=O)NC2=O)cn1. The van der Waals surface area contributed by atoms with E-state index in [1.807, 2.05) is 13.2 Å². The molecule has 2 heterocycles. The van der Waals surface area contributed by atoms with E-state index in [1.54, 1.807) is 10.9 Å². The Hall–Kier alpha value is -1.65. The van der Waals surface area contributed by atoms with Crippen LogP contribution in [0.4, 0.5) is 0 Å². The Morgan fingerprint density at radius 3 is 2.93 bits per heavy atom. The summed E-state index contributed by atoms with van der Waals surface area (Å²) in [6.45, 7) is 0. The van der Waals surface area contributed by atoms with Gasteiger partial charge in [-0.3, -0.25) is 19.6 Å². The molecule has 74 valence electrons. The molecule has 1 fully saturated rings. The average Bonchev–Trinajstić information content (AvgIpc) is 2.61. The molecule has 0 spiro atoms. The largest absolute Gasteiger partial charge is 0.296 e. The van der Waals surface area contributed by atoms with Crippen LogP contribution in [0.5, 0.6) is 0 Å². The zero-order valence-electron chi connectivity index (χ0n) is 7.86. The van der Waals surface area contributed by atoms with Crippen LogP contribution in [0.15, 0.2) is 12.4 Å². The van der Waals surface area contributed by atoms with E-state index >= 15 is 0 Å². The summed E-state index contributed by atoms with van der Waals surface area (Å²) in [6.07, 6.45) is 4.46. The monoisotopic (exact) mass is 193 g/mol. The van der Waals surface area contributed by atoms with E-state index in [9.17, 15) is 9.59 Å². The molecule has 1 N–H and O–H groups in total. The number of rotatable bonds is 2. The first kappa shape index (κ1) is 8.93. The highest BCUT2D eigenvalue weighted by atomic mass is 16.2. The number of aryl methyl sites for hydroxylation is 1. The van der Waals surface area contributed by atoms with Gasteiger partial charge in [0.2, 0.25) is 11.8 Å². The molecule has 0 radical (unpaired) electrons. The average molecular weight is 193 g/mol. The van der Waals surface area contributed by atoms with Gasteiger partial charge in [-0.05, 0) is 12.0 Å². The molecule has 0 aromatic carbocycles. The summed E-state index contributed by atoms with van der Waals surface area (Å²) >= 11 is 0. The lowest BCUT2D eigenvalue weighted by atomic mass is 10.0. The van der Waals surface area contributed by atoms with Gasteiger partial charge in [0.05, 0.1) is 12.1 Å². The summed E-state index contributed by atoms with van der Waals surface area (Å²) in [7, 11) is 1.82. The van der Waals surface area contributed by atoms with E-state index in [0.29, 0.717) is 12.8 Å². The second-order valence-electron chi connectivity index (χ2n) is 3.54. The van der Waals surface area contributed by atoms with Crippen LogP contribution >= 0.6 is 0 Å². The number of nitrogens with zero attached hydrogens (tertiary/aromatic N) is 2. The van der Waals surface area contributed by atoms with E-state index < -0.39 is 0 Å². The standard InChI is InChI=1S/C9H11N3O2/c1-12-5-6(4-10-12)2-7-3-8(13)11-9(7)14/h4-5,7H,2-3H2,1H3,(H,11,13,14)/t7-/m1/s1. The predicted octanol–water partition coefficient (Wildman–Crippen LogP) is -0.375. The zero-order valence-corrected chi connectivity index (χ0v) is 7.86. The van der Waals surface area contributed by atoms with Gasteiger partial charge in [-0.25, -0.2) is 0 Å². The molecule has 0 bridgehead atoms. The van der Waals surface area contributed by atoms with Crippen LogP contribution in [0.3, 0.4) is 0 Å². The van der Waals surface area contributed by atoms with E-state index in [-0.39, 0.29) is 17.7 Å². The first-order valence-electron chi connectivity index (χ1n) is 4.46. The molecule has 1 aliphatic rings. The fraction of sp³-hybridized carbons (Fsp3) is 0.444. The fourth-order valence-electron chi connectivity index (χ4n) is 1.63. The molecule has 1 aromatic heterocycles. The highest BCUT2D eigenvalue weighted by Crippen LogP contribution is 2.16. The van der Waals surface area contributed by atoms with Crippen molar-refractivity contribution in [3.05, 3.63) is 18.0 Å². The van der Waals surface area contributed by atoms with Crippen LogP contribution in [0, 0.1) is 5.92 Å². The third-order valence-electron chi connectivity index (χ3n) is 2.31. The van der Waals surface area contributed by atoms with Gasteiger partial charge in [-0.15, -0.1) is 0 Å². The van der Waals surface area contributed by atoms with E-state index in [2.05, 4.69) is 10.4 Å². The molecular formula is C9H11N3O2. The van der Waals surface area contributed by atoms with Crippen molar-refractivity contribution in [2.45, 2.75) is 12.8 Å². The highest BCUT2D eigenvalue weighted by Gasteiger charge is 2.30. The lowest BCUT2D eigenvalue weighted by Crippen LogP contribution is -2.22. The minimum atomic E-state index is -0.216. The summed E-state index contributed by atoms with van der Waals surface area (Å²) in [6, 6.07) is 0. The Bertz CT molecular complexity index is 383. The number of aromatic nitrogens is 2. The first-order valence-corrected chi connectivity index (χ1v) is 4.46. The summed E-state index contributed by atoms with van der Waals surface area (Å²) in [5.74, 6) is -0.561. The Morgan fingerprint density at radius 2 is 2.43 bits per heavy atom. The molecule has 14 heavy (non-hydrogen) atoms. The van der Waals surface area contributed by atoms with Gasteiger partial charge < -0.3 is 0 Å². The van der Waals surface area contributed by atoms with Gasteiger partial charge in [0.25, 0.3) is 0 Å². The molecule has 5 nitrogen and oxygen atoms in total. The quantitative estimate of drug-likeness (QED) is 0.651. The molecule has 5 heteroatoms. The Kier molecular flexibility index (Phi) is 2.07. The van der Waals surface area contributed by atoms with E-state index in [1.165, 1.54) is 0 Å². The van der Waals surface area contributed by atoms with Crippen molar-refractivity contribution >= 4 is 11.8 Å². The fourth-order valence-corrected chi connectivity index (χ4v) is 1.63. The van der Waals surface area contributed by atoms with Crippen LogP contribution in [0.25, 0.3) is 0 Å². The van der Waals surface area contributed by atoms with Gasteiger partial charge >= 0.3 is 0 Å². The Balaban J connectivity index is 2.05. The zero-order chi connectivity index (χ0) is 10.1. The minimum absolute atomic E-state index is 0.168. The van der Waals surface area contributed by atoms with Gasteiger partial charge in [0.15, 0.2) is 0 Å². The number of hydrogen-bond acceptors (Lipinski definition) is 3. The lowest BCUT2D eigenvalue weighted by molar-refractivity contribution is -0.125. The van der Waals surface area contributed by atoms with Crippen LogP contribution in [0.1, 0.15) is 12.0 Å².